The first-order valence-electron chi connectivity index (χ1n) is 6.81. The van der Waals surface area contributed by atoms with Crippen molar-refractivity contribution in [3.05, 3.63) is 63.7 Å². The fourth-order valence-corrected chi connectivity index (χ4v) is 2.10. The fraction of sp³-hybridized carbons (Fsp3) is 0.250. The van der Waals surface area contributed by atoms with Gasteiger partial charge in [0, 0.05) is 29.9 Å². The monoisotopic (exact) mass is 286 g/mol. The highest BCUT2D eigenvalue weighted by molar-refractivity contribution is 5.56. The Kier molecular flexibility index (Phi) is 4.77. The lowest BCUT2D eigenvalue weighted by atomic mass is 10.1. The van der Waals surface area contributed by atoms with Gasteiger partial charge in [0.1, 0.15) is 5.75 Å². The number of ether oxygens (including phenoxy) is 1. The Labute approximate surface area is 123 Å². The summed E-state index contributed by atoms with van der Waals surface area (Å²) in [5.41, 5.74) is 2.88. The third-order valence-corrected chi connectivity index (χ3v) is 3.16. The van der Waals surface area contributed by atoms with Crippen LogP contribution in [0.25, 0.3) is 0 Å². The largest absolute Gasteiger partial charge is 0.494 e. The number of nitro benzene ring substituents is 1. The summed E-state index contributed by atoms with van der Waals surface area (Å²) in [5.74, 6) is 0.854. The molecule has 0 fully saturated rings. The van der Waals surface area contributed by atoms with Crippen LogP contribution in [0.5, 0.6) is 5.75 Å². The molecule has 0 aliphatic carbocycles. The summed E-state index contributed by atoms with van der Waals surface area (Å²) in [5, 5.41) is 14.0. The van der Waals surface area contributed by atoms with Crippen LogP contribution in [0.2, 0.25) is 0 Å². The molecule has 1 N–H and O–H groups in total. The number of non-ortho nitro benzene ring substituents is 1. The van der Waals surface area contributed by atoms with Crippen molar-refractivity contribution in [2.24, 2.45) is 0 Å². The smallest absolute Gasteiger partial charge is 0.269 e. The summed E-state index contributed by atoms with van der Waals surface area (Å²) in [6.45, 7) is 5.02. The van der Waals surface area contributed by atoms with Crippen LogP contribution in [0.4, 0.5) is 11.4 Å². The van der Waals surface area contributed by atoms with E-state index in [0.29, 0.717) is 13.2 Å². The van der Waals surface area contributed by atoms with E-state index in [1.165, 1.54) is 6.07 Å². The van der Waals surface area contributed by atoms with E-state index in [9.17, 15) is 10.1 Å². The third kappa shape index (κ3) is 3.72. The maximum atomic E-state index is 10.7. The fourth-order valence-electron chi connectivity index (χ4n) is 2.10. The van der Waals surface area contributed by atoms with E-state index in [-0.39, 0.29) is 10.6 Å². The number of benzene rings is 2. The molecular formula is C16H18N2O3. The van der Waals surface area contributed by atoms with E-state index in [1.54, 1.807) is 12.1 Å². The lowest BCUT2D eigenvalue weighted by molar-refractivity contribution is -0.384. The molecule has 0 unspecified atom stereocenters. The molecule has 5 heteroatoms. The zero-order valence-electron chi connectivity index (χ0n) is 12.1. The SMILES string of the molecule is CCOc1ccccc1CNc1ccc([N+](=O)[O-])cc1C. The molecule has 0 radical (unpaired) electrons. The molecule has 0 spiro atoms. The van der Waals surface area contributed by atoms with Gasteiger partial charge in [0.15, 0.2) is 0 Å². The molecule has 110 valence electrons. The zero-order chi connectivity index (χ0) is 15.2. The van der Waals surface area contributed by atoms with Gasteiger partial charge in [-0.15, -0.1) is 0 Å². The Balaban J connectivity index is 2.11. The Bertz CT molecular complexity index is 641. The van der Waals surface area contributed by atoms with E-state index in [2.05, 4.69) is 5.32 Å². The van der Waals surface area contributed by atoms with Gasteiger partial charge in [-0.2, -0.15) is 0 Å². The number of nitrogens with zero attached hydrogens (tertiary/aromatic N) is 1. The molecular weight excluding hydrogens is 268 g/mol. The van der Waals surface area contributed by atoms with Crippen molar-refractivity contribution in [1.29, 1.82) is 0 Å². The Morgan fingerprint density at radius 2 is 2.00 bits per heavy atom. The average Bonchev–Trinajstić information content (AvgIpc) is 2.47. The molecule has 0 aromatic heterocycles. The van der Waals surface area contributed by atoms with Gasteiger partial charge in [0.2, 0.25) is 0 Å². The molecule has 0 saturated heterocycles. The van der Waals surface area contributed by atoms with Crippen LogP contribution in [0.1, 0.15) is 18.1 Å². The molecule has 0 amide bonds. The minimum absolute atomic E-state index is 0.104. The van der Waals surface area contributed by atoms with Crippen LogP contribution >= 0.6 is 0 Å². The zero-order valence-corrected chi connectivity index (χ0v) is 12.1. The molecule has 0 atom stereocenters. The molecule has 0 saturated carbocycles. The minimum atomic E-state index is -0.388. The summed E-state index contributed by atoms with van der Waals surface area (Å²) in [6, 6.07) is 12.6. The second-order valence-corrected chi connectivity index (χ2v) is 4.65. The first kappa shape index (κ1) is 14.8. The quantitative estimate of drug-likeness (QED) is 0.646. The summed E-state index contributed by atoms with van der Waals surface area (Å²) < 4.78 is 5.58. The topological polar surface area (TPSA) is 64.4 Å². The van der Waals surface area contributed by atoms with Gasteiger partial charge >= 0.3 is 0 Å². The highest BCUT2D eigenvalue weighted by Gasteiger charge is 2.08. The van der Waals surface area contributed by atoms with Crippen molar-refractivity contribution in [3.8, 4) is 5.75 Å². The normalized spacial score (nSPS) is 10.2. The van der Waals surface area contributed by atoms with Crippen molar-refractivity contribution in [1.82, 2.24) is 0 Å². The summed E-state index contributed by atoms with van der Waals surface area (Å²) in [7, 11) is 0. The van der Waals surface area contributed by atoms with Crippen molar-refractivity contribution < 1.29 is 9.66 Å². The van der Waals surface area contributed by atoms with E-state index in [4.69, 9.17) is 4.74 Å². The van der Waals surface area contributed by atoms with Gasteiger partial charge in [0.05, 0.1) is 11.5 Å². The molecule has 0 heterocycles. The second kappa shape index (κ2) is 6.74. The maximum Gasteiger partial charge on any atom is 0.269 e. The van der Waals surface area contributed by atoms with Crippen LogP contribution in [0, 0.1) is 17.0 Å². The average molecular weight is 286 g/mol. The molecule has 0 aliphatic heterocycles. The second-order valence-electron chi connectivity index (χ2n) is 4.65. The number of aryl methyl sites for hydroxylation is 1. The number of hydrogen-bond acceptors (Lipinski definition) is 4. The Morgan fingerprint density at radius 3 is 2.67 bits per heavy atom. The van der Waals surface area contributed by atoms with E-state index >= 15 is 0 Å². The van der Waals surface area contributed by atoms with Gasteiger partial charge in [-0.25, -0.2) is 0 Å². The van der Waals surface area contributed by atoms with Crippen LogP contribution in [-0.4, -0.2) is 11.5 Å². The lowest BCUT2D eigenvalue weighted by Crippen LogP contribution is -2.04. The standard InChI is InChI=1S/C16H18N2O3/c1-3-21-16-7-5-4-6-13(16)11-17-15-9-8-14(18(19)20)10-12(15)2/h4-10,17H,3,11H2,1-2H3. The van der Waals surface area contributed by atoms with Crippen molar-refractivity contribution in [2.45, 2.75) is 20.4 Å². The van der Waals surface area contributed by atoms with E-state index in [0.717, 1.165) is 22.6 Å². The number of hydrogen-bond donors (Lipinski definition) is 1. The van der Waals surface area contributed by atoms with Gasteiger partial charge in [-0.3, -0.25) is 10.1 Å². The van der Waals surface area contributed by atoms with Crippen LogP contribution in [0.15, 0.2) is 42.5 Å². The van der Waals surface area contributed by atoms with Gasteiger partial charge in [-0.1, -0.05) is 18.2 Å². The summed E-state index contributed by atoms with van der Waals surface area (Å²) in [6.07, 6.45) is 0. The van der Waals surface area contributed by atoms with Gasteiger partial charge in [0.25, 0.3) is 5.69 Å². The number of anilines is 1. The predicted octanol–water partition coefficient (Wildman–Crippen LogP) is 3.91. The number of para-hydroxylation sites is 1. The lowest BCUT2D eigenvalue weighted by Gasteiger charge is -2.13. The molecule has 21 heavy (non-hydrogen) atoms. The van der Waals surface area contributed by atoms with Gasteiger partial charge in [-0.05, 0) is 31.5 Å². The maximum absolute atomic E-state index is 10.7. The highest BCUT2D eigenvalue weighted by Crippen LogP contribution is 2.24. The number of nitrogens with one attached hydrogen (secondary N) is 1. The van der Waals surface area contributed by atoms with E-state index < -0.39 is 0 Å². The molecule has 5 nitrogen and oxygen atoms in total. The third-order valence-electron chi connectivity index (χ3n) is 3.16. The molecule has 0 bridgehead atoms. The molecule has 2 rings (SSSR count). The minimum Gasteiger partial charge on any atom is -0.494 e. The number of rotatable bonds is 6. The Morgan fingerprint density at radius 1 is 1.24 bits per heavy atom. The molecule has 2 aromatic rings. The van der Waals surface area contributed by atoms with Crippen LogP contribution in [-0.2, 0) is 6.54 Å². The van der Waals surface area contributed by atoms with Crippen LogP contribution in [0.3, 0.4) is 0 Å². The molecule has 2 aromatic carbocycles. The number of nitro groups is 1. The first-order valence-corrected chi connectivity index (χ1v) is 6.81. The molecule has 0 aliphatic rings. The van der Waals surface area contributed by atoms with Crippen LogP contribution < -0.4 is 10.1 Å². The van der Waals surface area contributed by atoms with Gasteiger partial charge < -0.3 is 10.1 Å². The van der Waals surface area contributed by atoms with Crippen molar-refractivity contribution in [3.63, 3.8) is 0 Å². The summed E-state index contributed by atoms with van der Waals surface area (Å²) >= 11 is 0. The van der Waals surface area contributed by atoms with Crippen molar-refractivity contribution in [2.75, 3.05) is 11.9 Å². The summed E-state index contributed by atoms with van der Waals surface area (Å²) in [4.78, 5) is 10.3. The predicted molar refractivity (Wildman–Crippen MR) is 82.8 cm³/mol. The van der Waals surface area contributed by atoms with Crippen molar-refractivity contribution >= 4 is 11.4 Å². The highest BCUT2D eigenvalue weighted by atomic mass is 16.6. The Hall–Kier alpha value is -2.56. The first-order chi connectivity index (χ1) is 10.1. The van der Waals surface area contributed by atoms with E-state index in [1.807, 2.05) is 38.1 Å².